The van der Waals surface area contributed by atoms with Crippen LogP contribution in [-0.4, -0.2) is 35.6 Å². The summed E-state index contributed by atoms with van der Waals surface area (Å²) in [5.41, 5.74) is 0. The molecule has 0 aromatic heterocycles. The van der Waals surface area contributed by atoms with Gasteiger partial charge in [-0.2, -0.15) is 0 Å². The molecule has 1 fully saturated rings. The number of hydrogen-bond acceptors (Lipinski definition) is 3. The van der Waals surface area contributed by atoms with Gasteiger partial charge in [-0.1, -0.05) is 20.3 Å². The molecule has 1 aliphatic rings. The Morgan fingerprint density at radius 3 is 2.59 bits per heavy atom. The second-order valence-electron chi connectivity index (χ2n) is 4.96. The molecule has 98 valence electrons. The molecule has 5 heteroatoms. The van der Waals surface area contributed by atoms with Gasteiger partial charge in [0.1, 0.15) is 0 Å². The van der Waals surface area contributed by atoms with Crippen LogP contribution in [0, 0.1) is 5.92 Å². The zero-order chi connectivity index (χ0) is 12.8. The van der Waals surface area contributed by atoms with Gasteiger partial charge in [-0.25, -0.2) is 0 Å². The molecule has 1 amide bonds. The van der Waals surface area contributed by atoms with E-state index in [0.717, 1.165) is 25.8 Å². The van der Waals surface area contributed by atoms with Crippen molar-refractivity contribution in [2.45, 2.75) is 51.6 Å². The molecule has 0 saturated carbocycles. The number of carbonyl (C=O) groups is 2. The summed E-state index contributed by atoms with van der Waals surface area (Å²) in [6.07, 6.45) is 2.97. The molecule has 0 aromatic rings. The highest BCUT2D eigenvalue weighted by molar-refractivity contribution is 5.82. The first-order valence-electron chi connectivity index (χ1n) is 6.26. The van der Waals surface area contributed by atoms with Crippen molar-refractivity contribution >= 4 is 11.9 Å². The zero-order valence-electron chi connectivity index (χ0n) is 10.5. The van der Waals surface area contributed by atoms with Crippen molar-refractivity contribution in [2.75, 3.05) is 6.54 Å². The molecule has 1 heterocycles. The monoisotopic (exact) mass is 242 g/mol. The minimum atomic E-state index is -0.874. The standard InChI is InChI=1S/C12H22N2O3/c1-8(2)10(7-11(15)16)14-12(17)9-5-3-4-6-13-9/h8-10,13H,3-7H2,1-2H3,(H,14,17)(H,15,16)/t9-,10?/m0/s1. The van der Waals surface area contributed by atoms with Gasteiger partial charge in [0, 0.05) is 6.04 Å². The lowest BCUT2D eigenvalue weighted by molar-refractivity contribution is -0.138. The van der Waals surface area contributed by atoms with Crippen molar-refractivity contribution in [1.82, 2.24) is 10.6 Å². The van der Waals surface area contributed by atoms with E-state index in [1.807, 2.05) is 13.8 Å². The minimum Gasteiger partial charge on any atom is -0.481 e. The smallest absolute Gasteiger partial charge is 0.305 e. The van der Waals surface area contributed by atoms with Crippen LogP contribution in [-0.2, 0) is 9.59 Å². The summed E-state index contributed by atoms with van der Waals surface area (Å²) < 4.78 is 0. The third-order valence-corrected chi connectivity index (χ3v) is 3.15. The molecule has 0 spiro atoms. The van der Waals surface area contributed by atoms with Crippen LogP contribution >= 0.6 is 0 Å². The minimum absolute atomic E-state index is 0.0177. The molecule has 1 rings (SSSR count). The number of carboxylic acids is 1. The van der Waals surface area contributed by atoms with Crippen LogP contribution < -0.4 is 10.6 Å². The lowest BCUT2D eigenvalue weighted by atomic mass is 9.99. The maximum atomic E-state index is 11.9. The molecule has 1 unspecified atom stereocenters. The van der Waals surface area contributed by atoms with E-state index in [9.17, 15) is 9.59 Å². The van der Waals surface area contributed by atoms with Crippen LogP contribution in [0.5, 0.6) is 0 Å². The number of piperidine rings is 1. The Morgan fingerprint density at radius 2 is 2.12 bits per heavy atom. The average molecular weight is 242 g/mol. The molecule has 1 saturated heterocycles. The third kappa shape index (κ3) is 4.73. The SMILES string of the molecule is CC(C)C(CC(=O)O)NC(=O)[C@@H]1CCCCN1. The molecule has 3 N–H and O–H groups in total. The van der Waals surface area contributed by atoms with E-state index < -0.39 is 5.97 Å². The van der Waals surface area contributed by atoms with Crippen LogP contribution in [0.1, 0.15) is 39.5 Å². The number of nitrogens with one attached hydrogen (secondary N) is 2. The van der Waals surface area contributed by atoms with Crippen LogP contribution in [0.4, 0.5) is 0 Å². The summed E-state index contributed by atoms with van der Waals surface area (Å²) in [5, 5.41) is 14.8. The number of amides is 1. The first-order valence-corrected chi connectivity index (χ1v) is 6.26. The quantitative estimate of drug-likeness (QED) is 0.664. The average Bonchev–Trinajstić information content (AvgIpc) is 2.28. The third-order valence-electron chi connectivity index (χ3n) is 3.15. The fourth-order valence-corrected chi connectivity index (χ4v) is 2.00. The Kier molecular flexibility index (Phi) is 5.41. The number of aliphatic carboxylic acids is 1. The van der Waals surface area contributed by atoms with E-state index in [1.165, 1.54) is 0 Å². The number of rotatable bonds is 5. The van der Waals surface area contributed by atoms with Crippen molar-refractivity contribution in [1.29, 1.82) is 0 Å². The molecule has 2 atom stereocenters. The van der Waals surface area contributed by atoms with E-state index in [1.54, 1.807) is 0 Å². The first-order chi connectivity index (χ1) is 8.00. The van der Waals surface area contributed by atoms with Gasteiger partial charge in [0.15, 0.2) is 0 Å². The molecule has 0 aromatic carbocycles. The summed E-state index contributed by atoms with van der Waals surface area (Å²) in [7, 11) is 0. The highest BCUT2D eigenvalue weighted by Gasteiger charge is 2.25. The first kappa shape index (κ1) is 14.0. The van der Waals surface area contributed by atoms with E-state index in [2.05, 4.69) is 10.6 Å². The van der Waals surface area contributed by atoms with E-state index in [4.69, 9.17) is 5.11 Å². The predicted octanol–water partition coefficient (Wildman–Crippen LogP) is 0.744. The zero-order valence-corrected chi connectivity index (χ0v) is 10.5. The van der Waals surface area contributed by atoms with Gasteiger partial charge in [0.05, 0.1) is 12.5 Å². The largest absolute Gasteiger partial charge is 0.481 e. The summed E-state index contributed by atoms with van der Waals surface area (Å²) in [4.78, 5) is 22.6. The fraction of sp³-hybridized carbons (Fsp3) is 0.833. The van der Waals surface area contributed by atoms with Crippen LogP contribution in [0.2, 0.25) is 0 Å². The van der Waals surface area contributed by atoms with Gasteiger partial charge in [0.2, 0.25) is 5.91 Å². The molecule has 0 aliphatic carbocycles. The van der Waals surface area contributed by atoms with Crippen molar-refractivity contribution in [3.8, 4) is 0 Å². The lowest BCUT2D eigenvalue weighted by Gasteiger charge is -2.27. The summed E-state index contributed by atoms with van der Waals surface area (Å²) in [6.45, 7) is 4.70. The molecular weight excluding hydrogens is 220 g/mol. The van der Waals surface area contributed by atoms with Gasteiger partial charge in [-0.3, -0.25) is 9.59 Å². The maximum absolute atomic E-state index is 11.9. The molecule has 1 aliphatic heterocycles. The van der Waals surface area contributed by atoms with Crippen molar-refractivity contribution in [3.63, 3.8) is 0 Å². The summed E-state index contributed by atoms with van der Waals surface area (Å²) in [5.74, 6) is -0.816. The molecule has 0 bridgehead atoms. The Hall–Kier alpha value is -1.10. The molecule has 0 radical (unpaired) electrons. The van der Waals surface area contributed by atoms with Gasteiger partial charge in [-0.15, -0.1) is 0 Å². The van der Waals surface area contributed by atoms with Crippen LogP contribution in [0.3, 0.4) is 0 Å². The van der Waals surface area contributed by atoms with Gasteiger partial charge < -0.3 is 15.7 Å². The maximum Gasteiger partial charge on any atom is 0.305 e. The van der Waals surface area contributed by atoms with Gasteiger partial charge in [0.25, 0.3) is 0 Å². The van der Waals surface area contributed by atoms with Crippen molar-refractivity contribution in [2.24, 2.45) is 5.92 Å². The van der Waals surface area contributed by atoms with E-state index >= 15 is 0 Å². The van der Waals surface area contributed by atoms with Gasteiger partial charge >= 0.3 is 5.97 Å². The Bertz CT molecular complexity index is 273. The Morgan fingerprint density at radius 1 is 1.41 bits per heavy atom. The van der Waals surface area contributed by atoms with E-state index in [-0.39, 0.29) is 30.3 Å². The van der Waals surface area contributed by atoms with E-state index in [0.29, 0.717) is 0 Å². The summed E-state index contributed by atoms with van der Waals surface area (Å²) >= 11 is 0. The predicted molar refractivity (Wildman–Crippen MR) is 64.7 cm³/mol. The topological polar surface area (TPSA) is 78.4 Å². The normalized spacial score (nSPS) is 22.2. The summed E-state index contributed by atoms with van der Waals surface area (Å²) in [6, 6.07) is -0.442. The highest BCUT2D eigenvalue weighted by atomic mass is 16.4. The van der Waals surface area contributed by atoms with Crippen LogP contribution in [0.25, 0.3) is 0 Å². The molecular formula is C12H22N2O3. The second-order valence-corrected chi connectivity index (χ2v) is 4.96. The Balaban J connectivity index is 2.47. The molecule has 17 heavy (non-hydrogen) atoms. The van der Waals surface area contributed by atoms with Crippen LogP contribution in [0.15, 0.2) is 0 Å². The highest BCUT2D eigenvalue weighted by Crippen LogP contribution is 2.10. The molecule has 5 nitrogen and oxygen atoms in total. The van der Waals surface area contributed by atoms with Crippen molar-refractivity contribution < 1.29 is 14.7 Å². The van der Waals surface area contributed by atoms with Gasteiger partial charge in [-0.05, 0) is 25.3 Å². The Labute approximate surface area is 102 Å². The second kappa shape index (κ2) is 6.59. The number of carboxylic acid groups (broad SMARTS) is 1. The fourth-order valence-electron chi connectivity index (χ4n) is 2.00. The number of carbonyl (C=O) groups excluding carboxylic acids is 1. The lowest BCUT2D eigenvalue weighted by Crippen LogP contribution is -2.51. The number of hydrogen-bond donors (Lipinski definition) is 3. The van der Waals surface area contributed by atoms with Crippen molar-refractivity contribution in [3.05, 3.63) is 0 Å².